The monoisotopic (exact) mass is 292 g/mol. The summed E-state index contributed by atoms with van der Waals surface area (Å²) in [7, 11) is 0. The van der Waals surface area contributed by atoms with Gasteiger partial charge in [-0.05, 0) is 31.5 Å². The van der Waals surface area contributed by atoms with Crippen LogP contribution >= 0.6 is 0 Å². The molecule has 0 bridgehead atoms. The van der Waals surface area contributed by atoms with Gasteiger partial charge in [0.05, 0.1) is 24.9 Å². The van der Waals surface area contributed by atoms with Crippen molar-refractivity contribution in [2.45, 2.75) is 32.2 Å². The molecular formula is C14H19F3O3. The van der Waals surface area contributed by atoms with Crippen molar-refractivity contribution < 1.29 is 27.8 Å². The molecule has 1 aromatic carbocycles. The van der Waals surface area contributed by atoms with Gasteiger partial charge in [-0.2, -0.15) is 13.2 Å². The van der Waals surface area contributed by atoms with E-state index in [2.05, 4.69) is 0 Å². The van der Waals surface area contributed by atoms with E-state index < -0.39 is 17.8 Å². The lowest BCUT2D eigenvalue weighted by Crippen LogP contribution is -2.20. The highest BCUT2D eigenvalue weighted by molar-refractivity contribution is 5.27. The van der Waals surface area contributed by atoms with Crippen LogP contribution in [0.5, 0.6) is 0 Å². The molecule has 2 atom stereocenters. The maximum absolute atomic E-state index is 12.6. The third-order valence-corrected chi connectivity index (χ3v) is 2.69. The molecule has 0 aliphatic carbocycles. The normalized spacial score (nSPS) is 15.1. The highest BCUT2D eigenvalue weighted by Gasteiger charge is 2.30. The van der Waals surface area contributed by atoms with Crippen molar-refractivity contribution in [3.63, 3.8) is 0 Å². The molecule has 1 N–H and O–H groups in total. The molecule has 6 heteroatoms. The number of halogens is 3. The molecule has 20 heavy (non-hydrogen) atoms. The average molecular weight is 292 g/mol. The van der Waals surface area contributed by atoms with Gasteiger partial charge >= 0.3 is 6.18 Å². The van der Waals surface area contributed by atoms with Crippen LogP contribution < -0.4 is 0 Å². The Morgan fingerprint density at radius 3 is 2.55 bits per heavy atom. The van der Waals surface area contributed by atoms with Crippen molar-refractivity contribution in [1.29, 1.82) is 0 Å². The van der Waals surface area contributed by atoms with Gasteiger partial charge in [-0.25, -0.2) is 0 Å². The molecule has 0 heterocycles. The Labute approximate surface area is 116 Å². The first-order valence-corrected chi connectivity index (χ1v) is 6.39. The Morgan fingerprint density at radius 2 is 1.95 bits per heavy atom. The van der Waals surface area contributed by atoms with Gasteiger partial charge in [-0.3, -0.25) is 0 Å². The van der Waals surface area contributed by atoms with Crippen LogP contribution in [-0.4, -0.2) is 31.0 Å². The number of aliphatic hydroxyl groups is 1. The Balaban J connectivity index is 2.57. The minimum Gasteiger partial charge on any atom is -0.386 e. The zero-order valence-corrected chi connectivity index (χ0v) is 11.5. The molecule has 0 saturated carbocycles. The standard InChI is InChI=1S/C14H19F3O3/c1-3-19-8-10(2)20-9-13(18)11-5-4-6-12(7-11)14(15,16)17/h4-7,10,13,18H,3,8-9H2,1-2H3. The van der Waals surface area contributed by atoms with E-state index in [1.807, 2.05) is 6.92 Å². The number of hydrogen-bond acceptors (Lipinski definition) is 3. The van der Waals surface area contributed by atoms with Crippen molar-refractivity contribution in [1.82, 2.24) is 0 Å². The first-order valence-electron chi connectivity index (χ1n) is 6.39. The molecule has 2 unspecified atom stereocenters. The second-order valence-electron chi connectivity index (χ2n) is 4.44. The fraction of sp³-hybridized carbons (Fsp3) is 0.571. The Bertz CT molecular complexity index is 407. The van der Waals surface area contributed by atoms with E-state index in [-0.39, 0.29) is 18.3 Å². The summed E-state index contributed by atoms with van der Waals surface area (Å²) in [5, 5.41) is 9.85. The molecule has 0 fully saturated rings. The summed E-state index contributed by atoms with van der Waals surface area (Å²) in [6, 6.07) is 4.61. The smallest absolute Gasteiger partial charge is 0.386 e. The van der Waals surface area contributed by atoms with Gasteiger partial charge in [-0.15, -0.1) is 0 Å². The molecule has 0 radical (unpaired) electrons. The number of benzene rings is 1. The third-order valence-electron chi connectivity index (χ3n) is 2.69. The Morgan fingerprint density at radius 1 is 1.25 bits per heavy atom. The fourth-order valence-electron chi connectivity index (χ4n) is 1.61. The van der Waals surface area contributed by atoms with Gasteiger partial charge in [0.15, 0.2) is 0 Å². The van der Waals surface area contributed by atoms with E-state index in [1.54, 1.807) is 6.92 Å². The summed E-state index contributed by atoms with van der Waals surface area (Å²) in [4.78, 5) is 0. The van der Waals surface area contributed by atoms with Gasteiger partial charge in [0, 0.05) is 6.61 Å². The lowest BCUT2D eigenvalue weighted by Gasteiger charge is -2.17. The lowest BCUT2D eigenvalue weighted by atomic mass is 10.1. The topological polar surface area (TPSA) is 38.7 Å². The zero-order valence-electron chi connectivity index (χ0n) is 11.5. The van der Waals surface area contributed by atoms with E-state index in [0.29, 0.717) is 13.2 Å². The second-order valence-corrected chi connectivity index (χ2v) is 4.44. The molecule has 0 aliphatic heterocycles. The molecule has 3 nitrogen and oxygen atoms in total. The number of rotatable bonds is 7. The van der Waals surface area contributed by atoms with Crippen LogP contribution in [-0.2, 0) is 15.7 Å². The largest absolute Gasteiger partial charge is 0.416 e. The van der Waals surface area contributed by atoms with Crippen LogP contribution in [0.3, 0.4) is 0 Å². The van der Waals surface area contributed by atoms with Crippen LogP contribution in [0.25, 0.3) is 0 Å². The highest BCUT2D eigenvalue weighted by Crippen LogP contribution is 2.30. The number of alkyl halides is 3. The number of hydrogen-bond donors (Lipinski definition) is 1. The van der Waals surface area contributed by atoms with Crippen molar-refractivity contribution in [3.05, 3.63) is 35.4 Å². The maximum atomic E-state index is 12.6. The van der Waals surface area contributed by atoms with Gasteiger partial charge in [0.2, 0.25) is 0 Å². The Hall–Kier alpha value is -1.11. The van der Waals surface area contributed by atoms with Crippen molar-refractivity contribution in [3.8, 4) is 0 Å². The quantitative estimate of drug-likeness (QED) is 0.839. The number of aliphatic hydroxyl groups excluding tert-OH is 1. The average Bonchev–Trinajstić information content (AvgIpc) is 2.41. The molecule has 114 valence electrons. The highest BCUT2D eigenvalue weighted by atomic mass is 19.4. The molecule has 0 spiro atoms. The summed E-state index contributed by atoms with van der Waals surface area (Å²) >= 11 is 0. The van der Waals surface area contributed by atoms with Crippen LogP contribution in [0.15, 0.2) is 24.3 Å². The predicted octanol–water partition coefficient (Wildman–Crippen LogP) is 3.18. The van der Waals surface area contributed by atoms with Gasteiger partial charge in [-0.1, -0.05) is 12.1 Å². The van der Waals surface area contributed by atoms with Gasteiger partial charge in [0.25, 0.3) is 0 Å². The minimum absolute atomic E-state index is 0.0739. The van der Waals surface area contributed by atoms with Crippen molar-refractivity contribution in [2.24, 2.45) is 0 Å². The second kappa shape index (κ2) is 7.61. The van der Waals surface area contributed by atoms with Crippen molar-refractivity contribution in [2.75, 3.05) is 19.8 Å². The van der Waals surface area contributed by atoms with Gasteiger partial charge < -0.3 is 14.6 Å². The molecule has 0 aromatic heterocycles. The Kier molecular flexibility index (Phi) is 6.45. The predicted molar refractivity (Wildman–Crippen MR) is 68.3 cm³/mol. The van der Waals surface area contributed by atoms with Gasteiger partial charge in [0.1, 0.15) is 6.10 Å². The molecule has 0 saturated heterocycles. The first-order chi connectivity index (χ1) is 9.34. The first kappa shape index (κ1) is 16.9. The van der Waals surface area contributed by atoms with E-state index in [1.165, 1.54) is 12.1 Å². The minimum atomic E-state index is -4.42. The maximum Gasteiger partial charge on any atom is 0.416 e. The summed E-state index contributed by atoms with van der Waals surface area (Å²) < 4.78 is 48.1. The summed E-state index contributed by atoms with van der Waals surface area (Å²) in [5.74, 6) is 0. The van der Waals surface area contributed by atoms with Crippen LogP contribution in [0.1, 0.15) is 31.1 Å². The molecule has 0 amide bonds. The third kappa shape index (κ3) is 5.48. The number of ether oxygens (including phenoxy) is 2. The van der Waals surface area contributed by atoms with E-state index in [4.69, 9.17) is 9.47 Å². The lowest BCUT2D eigenvalue weighted by molar-refractivity contribution is -0.137. The zero-order chi connectivity index (χ0) is 15.2. The van der Waals surface area contributed by atoms with E-state index in [9.17, 15) is 18.3 Å². The summed E-state index contributed by atoms with van der Waals surface area (Å²) in [6.07, 6.45) is -5.74. The molecular weight excluding hydrogens is 273 g/mol. The molecule has 1 rings (SSSR count). The van der Waals surface area contributed by atoms with Crippen LogP contribution in [0.4, 0.5) is 13.2 Å². The van der Waals surface area contributed by atoms with E-state index >= 15 is 0 Å². The molecule has 0 aliphatic rings. The summed E-state index contributed by atoms with van der Waals surface area (Å²) in [5.41, 5.74) is -0.597. The fourth-order valence-corrected chi connectivity index (χ4v) is 1.61. The SMILES string of the molecule is CCOCC(C)OCC(O)c1cccc(C(F)(F)F)c1. The van der Waals surface area contributed by atoms with Crippen LogP contribution in [0, 0.1) is 0 Å². The van der Waals surface area contributed by atoms with Crippen molar-refractivity contribution >= 4 is 0 Å². The summed E-state index contributed by atoms with van der Waals surface area (Å²) in [6.45, 7) is 4.49. The van der Waals surface area contributed by atoms with Crippen LogP contribution in [0.2, 0.25) is 0 Å². The molecule has 1 aromatic rings. The van der Waals surface area contributed by atoms with E-state index in [0.717, 1.165) is 12.1 Å².